The van der Waals surface area contributed by atoms with Gasteiger partial charge in [0.25, 0.3) is 0 Å². The van der Waals surface area contributed by atoms with E-state index < -0.39 is 5.97 Å². The molecule has 0 aliphatic rings. The lowest BCUT2D eigenvalue weighted by atomic mass is 10.1. The van der Waals surface area contributed by atoms with Gasteiger partial charge in [0, 0.05) is 18.3 Å². The number of aliphatic carboxylic acids is 1. The fourth-order valence-electron chi connectivity index (χ4n) is 1.05. The zero-order chi connectivity index (χ0) is 9.68. The van der Waals surface area contributed by atoms with E-state index in [9.17, 15) is 4.79 Å². The molecule has 0 aliphatic heterocycles. The third-order valence-electron chi connectivity index (χ3n) is 1.89. The molecule has 3 nitrogen and oxygen atoms in total. The van der Waals surface area contributed by atoms with Crippen LogP contribution in [-0.2, 0) is 17.6 Å². The zero-order valence-electron chi connectivity index (χ0n) is 8.03. The van der Waals surface area contributed by atoms with Gasteiger partial charge in [0.15, 0.2) is 0 Å². The van der Waals surface area contributed by atoms with E-state index in [1.807, 2.05) is 12.1 Å². The minimum atomic E-state index is -0.777. The van der Waals surface area contributed by atoms with Crippen molar-refractivity contribution < 1.29 is 22.3 Å². The highest BCUT2D eigenvalue weighted by Gasteiger charge is 1.99. The van der Waals surface area contributed by atoms with Crippen LogP contribution in [0.15, 0.2) is 18.3 Å². The summed E-state index contributed by atoms with van der Waals surface area (Å²) in [6.07, 6.45) is 3.43. The second kappa shape index (κ2) is 6.38. The summed E-state index contributed by atoms with van der Waals surface area (Å²) in [6, 6.07) is 3.88. The van der Waals surface area contributed by atoms with Crippen LogP contribution in [0.4, 0.5) is 0 Å². The van der Waals surface area contributed by atoms with E-state index in [0.29, 0.717) is 6.42 Å². The number of rotatable bonds is 4. The van der Waals surface area contributed by atoms with Crippen molar-refractivity contribution in [2.24, 2.45) is 0 Å². The molecule has 0 fully saturated rings. The minimum Gasteiger partial charge on any atom is -1.00 e. The number of carbonyl (C=O) groups is 1. The van der Waals surface area contributed by atoms with E-state index in [-0.39, 0.29) is 18.8 Å². The number of aryl methyl sites for hydroxylation is 2. The molecular formula is C10H13ClNO2-. The zero-order valence-corrected chi connectivity index (χ0v) is 8.79. The van der Waals surface area contributed by atoms with Crippen molar-refractivity contribution in [2.75, 3.05) is 0 Å². The summed E-state index contributed by atoms with van der Waals surface area (Å²) in [7, 11) is 0. The van der Waals surface area contributed by atoms with Crippen molar-refractivity contribution in [3.63, 3.8) is 0 Å². The van der Waals surface area contributed by atoms with Gasteiger partial charge < -0.3 is 17.5 Å². The maximum absolute atomic E-state index is 10.3. The molecule has 0 saturated carbocycles. The Hall–Kier alpha value is -1.09. The molecule has 0 aromatic carbocycles. The first-order chi connectivity index (χ1) is 6.22. The van der Waals surface area contributed by atoms with Crippen molar-refractivity contribution in [1.82, 2.24) is 4.98 Å². The Morgan fingerprint density at radius 2 is 2.21 bits per heavy atom. The van der Waals surface area contributed by atoms with Crippen molar-refractivity contribution in [3.8, 4) is 0 Å². The van der Waals surface area contributed by atoms with E-state index in [4.69, 9.17) is 5.11 Å². The molecule has 1 aromatic heterocycles. The molecule has 4 heteroatoms. The van der Waals surface area contributed by atoms with Crippen LogP contribution in [0.25, 0.3) is 0 Å². The number of pyridine rings is 1. The molecule has 0 bridgehead atoms. The Balaban J connectivity index is 0.00000169. The topological polar surface area (TPSA) is 50.2 Å². The fourth-order valence-corrected chi connectivity index (χ4v) is 1.05. The number of carboxylic acids is 1. The van der Waals surface area contributed by atoms with Gasteiger partial charge in [-0.1, -0.05) is 13.0 Å². The number of halogens is 1. The first-order valence-corrected chi connectivity index (χ1v) is 4.38. The van der Waals surface area contributed by atoms with Crippen LogP contribution in [0.2, 0.25) is 0 Å². The number of aromatic nitrogens is 1. The predicted octanol–water partition coefficient (Wildman–Crippen LogP) is -1.33. The van der Waals surface area contributed by atoms with Crippen LogP contribution in [-0.4, -0.2) is 16.1 Å². The Bertz CT molecular complexity index is 285. The van der Waals surface area contributed by atoms with E-state index in [2.05, 4.69) is 11.9 Å². The summed E-state index contributed by atoms with van der Waals surface area (Å²) in [5.41, 5.74) is 2.03. The quantitative estimate of drug-likeness (QED) is 0.676. The molecule has 0 atom stereocenters. The lowest BCUT2D eigenvalue weighted by Crippen LogP contribution is -3.00. The maximum atomic E-state index is 10.3. The summed E-state index contributed by atoms with van der Waals surface area (Å²) in [5, 5.41) is 8.45. The van der Waals surface area contributed by atoms with Gasteiger partial charge in [-0.15, -0.1) is 0 Å². The first kappa shape index (κ1) is 12.9. The van der Waals surface area contributed by atoms with Crippen LogP contribution in [0, 0.1) is 0 Å². The van der Waals surface area contributed by atoms with Gasteiger partial charge in [0.1, 0.15) is 0 Å². The number of nitrogens with zero attached hydrogens (tertiary/aromatic N) is 1. The normalized spacial score (nSPS) is 9.21. The largest absolute Gasteiger partial charge is 1.00 e. The van der Waals surface area contributed by atoms with Gasteiger partial charge >= 0.3 is 5.97 Å². The van der Waals surface area contributed by atoms with Crippen LogP contribution < -0.4 is 12.4 Å². The van der Waals surface area contributed by atoms with Gasteiger partial charge in [0.2, 0.25) is 0 Å². The monoisotopic (exact) mass is 214 g/mol. The number of carboxylic acid groups (broad SMARTS) is 1. The smallest absolute Gasteiger partial charge is 0.303 e. The van der Waals surface area contributed by atoms with Crippen molar-refractivity contribution in [1.29, 1.82) is 0 Å². The van der Waals surface area contributed by atoms with E-state index in [1.54, 1.807) is 6.20 Å². The van der Waals surface area contributed by atoms with E-state index >= 15 is 0 Å². The third kappa shape index (κ3) is 4.23. The Morgan fingerprint density at radius 1 is 1.50 bits per heavy atom. The summed E-state index contributed by atoms with van der Waals surface area (Å²) in [4.78, 5) is 14.4. The molecule has 1 heterocycles. The van der Waals surface area contributed by atoms with Crippen LogP contribution in [0.1, 0.15) is 24.6 Å². The average molecular weight is 215 g/mol. The molecule has 78 valence electrons. The fraction of sp³-hybridized carbons (Fsp3) is 0.400. The lowest BCUT2D eigenvalue weighted by Gasteiger charge is -1.99. The summed E-state index contributed by atoms with van der Waals surface area (Å²) >= 11 is 0. The Kier molecular flexibility index (Phi) is 5.88. The summed E-state index contributed by atoms with van der Waals surface area (Å²) in [5.74, 6) is -0.777. The third-order valence-corrected chi connectivity index (χ3v) is 1.89. The molecule has 0 unspecified atom stereocenters. The SMILES string of the molecule is CCc1ccc(CCC(=O)O)nc1.[Cl-]. The lowest BCUT2D eigenvalue weighted by molar-refractivity contribution is -0.136. The molecule has 1 rings (SSSR count). The number of hydrogen-bond acceptors (Lipinski definition) is 2. The van der Waals surface area contributed by atoms with E-state index in [1.165, 1.54) is 5.56 Å². The molecule has 0 aliphatic carbocycles. The second-order valence-electron chi connectivity index (χ2n) is 2.91. The van der Waals surface area contributed by atoms with Crippen LogP contribution >= 0.6 is 0 Å². The van der Waals surface area contributed by atoms with Gasteiger partial charge in [0.05, 0.1) is 6.42 Å². The van der Waals surface area contributed by atoms with Crippen molar-refractivity contribution >= 4 is 5.97 Å². The molecule has 0 amide bonds. The van der Waals surface area contributed by atoms with Crippen molar-refractivity contribution in [2.45, 2.75) is 26.2 Å². The van der Waals surface area contributed by atoms with Crippen molar-refractivity contribution in [3.05, 3.63) is 29.6 Å². The van der Waals surface area contributed by atoms with Gasteiger partial charge in [-0.05, 0) is 18.1 Å². The second-order valence-corrected chi connectivity index (χ2v) is 2.91. The van der Waals surface area contributed by atoms with E-state index in [0.717, 1.165) is 12.1 Å². The average Bonchev–Trinajstić information content (AvgIpc) is 2.15. The molecule has 0 radical (unpaired) electrons. The summed E-state index contributed by atoms with van der Waals surface area (Å²) < 4.78 is 0. The maximum Gasteiger partial charge on any atom is 0.303 e. The highest BCUT2D eigenvalue weighted by atomic mass is 35.5. The standard InChI is InChI=1S/C10H13NO2.ClH/c1-2-8-3-4-9(11-7-8)5-6-10(12)13;/h3-4,7H,2,5-6H2,1H3,(H,12,13);1H/p-1. The highest BCUT2D eigenvalue weighted by Crippen LogP contribution is 2.03. The van der Waals surface area contributed by atoms with Crippen LogP contribution in [0.5, 0.6) is 0 Å². The summed E-state index contributed by atoms with van der Waals surface area (Å²) in [6.45, 7) is 2.06. The predicted molar refractivity (Wildman–Crippen MR) is 49.6 cm³/mol. The van der Waals surface area contributed by atoms with Crippen LogP contribution in [0.3, 0.4) is 0 Å². The number of hydrogen-bond donors (Lipinski definition) is 1. The Morgan fingerprint density at radius 3 is 2.64 bits per heavy atom. The molecule has 1 aromatic rings. The molecule has 0 spiro atoms. The van der Waals surface area contributed by atoms with Gasteiger partial charge in [-0.2, -0.15) is 0 Å². The minimum absolute atomic E-state index is 0. The first-order valence-electron chi connectivity index (χ1n) is 4.38. The highest BCUT2D eigenvalue weighted by molar-refractivity contribution is 5.66. The molecule has 0 saturated heterocycles. The Labute approximate surface area is 89.6 Å². The molecule has 14 heavy (non-hydrogen) atoms. The molecular weight excluding hydrogens is 202 g/mol. The van der Waals surface area contributed by atoms with Gasteiger partial charge in [-0.25, -0.2) is 0 Å². The van der Waals surface area contributed by atoms with Gasteiger partial charge in [-0.3, -0.25) is 9.78 Å². The molecule has 1 N–H and O–H groups in total.